The fraction of sp³-hybridized carbons (Fsp3) is 0.300. The predicted octanol–water partition coefficient (Wildman–Crippen LogP) is 4.75. The highest BCUT2D eigenvalue weighted by Gasteiger charge is 2.03. The molecule has 110 valence electrons. The van der Waals surface area contributed by atoms with Crippen molar-refractivity contribution in [3.05, 3.63) is 76.9 Å². The lowest BCUT2D eigenvalue weighted by atomic mass is 10.0. The quantitative estimate of drug-likeness (QED) is 0.804. The Labute approximate surface area is 128 Å². The molecule has 0 heterocycles. The van der Waals surface area contributed by atoms with E-state index < -0.39 is 0 Å². The molecule has 0 aliphatic heterocycles. The average Bonchev–Trinajstić information content (AvgIpc) is 2.53. The Morgan fingerprint density at radius 1 is 1.00 bits per heavy atom. The molecular weight excluding hydrogens is 254 g/mol. The molecule has 2 rings (SSSR count). The van der Waals surface area contributed by atoms with Gasteiger partial charge < -0.3 is 5.32 Å². The van der Waals surface area contributed by atoms with Gasteiger partial charge in [0.25, 0.3) is 0 Å². The molecule has 1 nitrogen and oxygen atoms in total. The number of hydrogen-bond donors (Lipinski definition) is 1. The van der Waals surface area contributed by atoms with Gasteiger partial charge in [-0.1, -0.05) is 61.5 Å². The molecule has 0 saturated carbocycles. The van der Waals surface area contributed by atoms with Crippen molar-refractivity contribution in [1.82, 2.24) is 5.32 Å². The second-order valence-corrected chi connectivity index (χ2v) is 5.40. The van der Waals surface area contributed by atoms with E-state index in [2.05, 4.69) is 80.7 Å². The Kier molecular flexibility index (Phi) is 5.77. The summed E-state index contributed by atoms with van der Waals surface area (Å²) in [6.07, 6.45) is 3.30. The number of aryl methyl sites for hydroxylation is 2. The van der Waals surface area contributed by atoms with Crippen LogP contribution in [-0.4, -0.2) is 6.54 Å². The van der Waals surface area contributed by atoms with E-state index in [9.17, 15) is 0 Å². The van der Waals surface area contributed by atoms with Gasteiger partial charge in [-0.2, -0.15) is 0 Å². The van der Waals surface area contributed by atoms with Crippen molar-refractivity contribution >= 4 is 5.57 Å². The summed E-state index contributed by atoms with van der Waals surface area (Å²) in [4.78, 5) is 0. The molecule has 0 aromatic heterocycles. The minimum absolute atomic E-state index is 0.900. The van der Waals surface area contributed by atoms with Gasteiger partial charge in [0.2, 0.25) is 0 Å². The van der Waals surface area contributed by atoms with Gasteiger partial charge in [-0.25, -0.2) is 0 Å². The monoisotopic (exact) mass is 279 g/mol. The van der Waals surface area contributed by atoms with E-state index in [0.717, 1.165) is 19.5 Å². The van der Waals surface area contributed by atoms with Crippen LogP contribution in [0.25, 0.3) is 5.57 Å². The molecule has 0 atom stereocenters. The van der Waals surface area contributed by atoms with Crippen molar-refractivity contribution in [3.63, 3.8) is 0 Å². The van der Waals surface area contributed by atoms with Gasteiger partial charge in [0.1, 0.15) is 0 Å². The lowest BCUT2D eigenvalue weighted by Crippen LogP contribution is -2.16. The summed E-state index contributed by atoms with van der Waals surface area (Å²) in [5, 5.41) is 3.55. The average molecular weight is 279 g/mol. The summed E-state index contributed by atoms with van der Waals surface area (Å²) in [7, 11) is 0. The summed E-state index contributed by atoms with van der Waals surface area (Å²) < 4.78 is 0. The molecule has 0 amide bonds. The van der Waals surface area contributed by atoms with Crippen LogP contribution < -0.4 is 5.32 Å². The van der Waals surface area contributed by atoms with Crippen molar-refractivity contribution in [2.24, 2.45) is 0 Å². The van der Waals surface area contributed by atoms with Crippen LogP contribution >= 0.6 is 0 Å². The van der Waals surface area contributed by atoms with Crippen LogP contribution in [0.4, 0.5) is 0 Å². The number of rotatable bonds is 6. The molecular formula is C20H25N. The van der Waals surface area contributed by atoms with Gasteiger partial charge in [-0.05, 0) is 48.1 Å². The first-order chi connectivity index (χ1) is 10.2. The Morgan fingerprint density at radius 2 is 1.67 bits per heavy atom. The second kappa shape index (κ2) is 7.80. The number of nitrogens with one attached hydrogen (secondary N) is 1. The number of benzene rings is 2. The zero-order valence-corrected chi connectivity index (χ0v) is 13.3. The molecule has 0 bridgehead atoms. The van der Waals surface area contributed by atoms with Crippen LogP contribution in [0.15, 0.2) is 54.6 Å². The Balaban J connectivity index is 1.93. The fourth-order valence-electron chi connectivity index (χ4n) is 2.52. The van der Waals surface area contributed by atoms with Crippen molar-refractivity contribution in [2.75, 3.05) is 6.54 Å². The summed E-state index contributed by atoms with van der Waals surface area (Å²) in [6.45, 7) is 8.28. The molecule has 0 spiro atoms. The molecule has 0 unspecified atom stereocenters. The van der Waals surface area contributed by atoms with Crippen molar-refractivity contribution in [2.45, 2.75) is 33.7 Å². The fourth-order valence-corrected chi connectivity index (χ4v) is 2.52. The van der Waals surface area contributed by atoms with Crippen LogP contribution in [0.3, 0.4) is 0 Å². The van der Waals surface area contributed by atoms with Gasteiger partial charge in [0.05, 0.1) is 0 Å². The molecule has 2 aromatic carbocycles. The summed E-state index contributed by atoms with van der Waals surface area (Å²) in [5.41, 5.74) is 6.77. The molecule has 0 aliphatic carbocycles. The van der Waals surface area contributed by atoms with Crippen LogP contribution in [0.5, 0.6) is 0 Å². The normalized spacial score (nSPS) is 11.7. The third-order valence-corrected chi connectivity index (χ3v) is 3.92. The van der Waals surface area contributed by atoms with Crippen LogP contribution in [0.1, 0.15) is 36.1 Å². The van der Waals surface area contributed by atoms with E-state index in [1.54, 1.807) is 0 Å². The maximum Gasteiger partial charge on any atom is 0.0211 e. The van der Waals surface area contributed by atoms with Crippen LogP contribution in [-0.2, 0) is 13.0 Å². The zero-order valence-electron chi connectivity index (χ0n) is 13.3. The van der Waals surface area contributed by atoms with Gasteiger partial charge in [0.15, 0.2) is 0 Å². The predicted molar refractivity (Wildman–Crippen MR) is 92.4 cm³/mol. The number of allylic oxidation sites excluding steroid dienone is 1. The summed E-state index contributed by atoms with van der Waals surface area (Å²) in [5.74, 6) is 0. The molecule has 0 saturated heterocycles. The topological polar surface area (TPSA) is 12.0 Å². The van der Waals surface area contributed by atoms with E-state index in [1.807, 2.05) is 0 Å². The van der Waals surface area contributed by atoms with Gasteiger partial charge in [-0.3, -0.25) is 0 Å². The SMILES string of the molecule is C/C=C(/CNCc1ccc(CC)cc1)c1ccccc1C. The minimum atomic E-state index is 0.900. The first kappa shape index (κ1) is 15.5. The number of hydrogen-bond acceptors (Lipinski definition) is 1. The first-order valence-corrected chi connectivity index (χ1v) is 7.74. The van der Waals surface area contributed by atoms with Gasteiger partial charge in [-0.15, -0.1) is 0 Å². The molecule has 0 fully saturated rings. The van der Waals surface area contributed by atoms with Crippen molar-refractivity contribution in [3.8, 4) is 0 Å². The first-order valence-electron chi connectivity index (χ1n) is 7.74. The van der Waals surface area contributed by atoms with Crippen molar-refractivity contribution < 1.29 is 0 Å². The molecule has 21 heavy (non-hydrogen) atoms. The summed E-state index contributed by atoms with van der Waals surface area (Å²) >= 11 is 0. The van der Waals surface area contributed by atoms with Crippen LogP contribution in [0, 0.1) is 6.92 Å². The van der Waals surface area contributed by atoms with Crippen molar-refractivity contribution in [1.29, 1.82) is 0 Å². The highest BCUT2D eigenvalue weighted by molar-refractivity contribution is 5.69. The van der Waals surface area contributed by atoms with E-state index >= 15 is 0 Å². The Bertz CT molecular complexity index is 593. The van der Waals surface area contributed by atoms with Gasteiger partial charge in [0, 0.05) is 13.1 Å². The molecule has 1 heteroatoms. The minimum Gasteiger partial charge on any atom is -0.309 e. The van der Waals surface area contributed by atoms with Crippen LogP contribution in [0.2, 0.25) is 0 Å². The van der Waals surface area contributed by atoms with Gasteiger partial charge >= 0.3 is 0 Å². The van der Waals surface area contributed by atoms with E-state index in [1.165, 1.54) is 27.8 Å². The smallest absolute Gasteiger partial charge is 0.0211 e. The molecule has 1 N–H and O–H groups in total. The third-order valence-electron chi connectivity index (χ3n) is 3.92. The molecule has 0 radical (unpaired) electrons. The summed E-state index contributed by atoms with van der Waals surface area (Å²) in [6, 6.07) is 17.4. The molecule has 0 aliphatic rings. The Hall–Kier alpha value is -1.86. The second-order valence-electron chi connectivity index (χ2n) is 5.40. The molecule has 2 aromatic rings. The van der Waals surface area contributed by atoms with E-state index in [0.29, 0.717) is 0 Å². The lowest BCUT2D eigenvalue weighted by Gasteiger charge is -2.12. The standard InChI is InChI=1S/C20H25N/c1-4-17-10-12-18(13-11-17)14-21-15-19(5-2)20-9-7-6-8-16(20)3/h5-13,21H,4,14-15H2,1-3H3/b19-5-. The third kappa shape index (κ3) is 4.30. The maximum absolute atomic E-state index is 3.55. The maximum atomic E-state index is 3.55. The zero-order chi connectivity index (χ0) is 15.1. The highest BCUT2D eigenvalue weighted by Crippen LogP contribution is 2.18. The van der Waals surface area contributed by atoms with E-state index in [-0.39, 0.29) is 0 Å². The Morgan fingerprint density at radius 3 is 2.29 bits per heavy atom. The lowest BCUT2D eigenvalue weighted by molar-refractivity contribution is 0.766. The van der Waals surface area contributed by atoms with E-state index in [4.69, 9.17) is 0 Å². The largest absolute Gasteiger partial charge is 0.309 e. The highest BCUT2D eigenvalue weighted by atomic mass is 14.8.